The average molecular weight is 294 g/mol. The fourth-order valence-corrected chi connectivity index (χ4v) is 3.01. The number of hydrogen-bond acceptors (Lipinski definition) is 6. The molecule has 3 aliphatic rings. The van der Waals surface area contributed by atoms with Crippen molar-refractivity contribution in [2.24, 2.45) is 0 Å². The molecule has 0 aromatic rings. The summed E-state index contributed by atoms with van der Waals surface area (Å²) < 4.78 is 11.0. The predicted octanol–water partition coefficient (Wildman–Crippen LogP) is 0.446. The van der Waals surface area contributed by atoms with Crippen LogP contribution >= 0.6 is 0 Å². The Kier molecular flexibility index (Phi) is 4.28. The normalized spacial score (nSPS) is 27.8. The Morgan fingerprint density at radius 2 is 2.19 bits per heavy atom. The second-order valence-corrected chi connectivity index (χ2v) is 5.62. The zero-order valence-corrected chi connectivity index (χ0v) is 12.3. The number of carbonyl (C=O) groups is 1. The molecule has 3 rings (SSSR count). The molecule has 2 fully saturated rings. The minimum Gasteiger partial charge on any atom is -0.468 e. The van der Waals surface area contributed by atoms with Crippen molar-refractivity contribution in [2.75, 3.05) is 32.8 Å². The number of carbonyl (C=O) groups excluding carboxylic acids is 1. The summed E-state index contributed by atoms with van der Waals surface area (Å²) in [5, 5.41) is 10.5. The van der Waals surface area contributed by atoms with Crippen LogP contribution in [0, 0.1) is 0 Å². The van der Waals surface area contributed by atoms with E-state index in [2.05, 4.69) is 4.90 Å². The highest BCUT2D eigenvalue weighted by molar-refractivity contribution is 5.93. The van der Waals surface area contributed by atoms with Gasteiger partial charge in [-0.25, -0.2) is 0 Å². The number of ketones is 1. The Balaban J connectivity index is 1.60. The molecule has 0 aromatic heterocycles. The van der Waals surface area contributed by atoms with E-state index in [1.807, 2.05) is 17.9 Å². The third-order valence-electron chi connectivity index (χ3n) is 4.14. The molecule has 6 heteroatoms. The fraction of sp³-hybridized carbons (Fsp3) is 0.667. The van der Waals surface area contributed by atoms with Crippen LogP contribution in [0.1, 0.15) is 19.8 Å². The van der Waals surface area contributed by atoms with Crippen LogP contribution in [0.4, 0.5) is 0 Å². The minimum absolute atomic E-state index is 0.0469. The van der Waals surface area contributed by atoms with Crippen molar-refractivity contribution in [3.63, 3.8) is 0 Å². The summed E-state index contributed by atoms with van der Waals surface area (Å²) in [7, 11) is 0. The summed E-state index contributed by atoms with van der Waals surface area (Å²) in [6.07, 6.45) is 3.55. The van der Waals surface area contributed by atoms with Crippen LogP contribution in [0.25, 0.3) is 0 Å². The summed E-state index contributed by atoms with van der Waals surface area (Å²) >= 11 is 0. The first kappa shape index (κ1) is 14.6. The minimum atomic E-state index is -0.604. The fourth-order valence-electron chi connectivity index (χ4n) is 3.01. The van der Waals surface area contributed by atoms with Crippen molar-refractivity contribution in [1.82, 2.24) is 9.80 Å². The molecule has 2 unspecified atom stereocenters. The third kappa shape index (κ3) is 3.12. The van der Waals surface area contributed by atoms with Gasteiger partial charge in [-0.2, -0.15) is 0 Å². The molecule has 2 heterocycles. The Morgan fingerprint density at radius 1 is 1.43 bits per heavy atom. The molecule has 1 aliphatic carbocycles. The maximum Gasteiger partial charge on any atom is 0.171 e. The van der Waals surface area contributed by atoms with Crippen molar-refractivity contribution in [1.29, 1.82) is 0 Å². The Bertz CT molecular complexity index is 468. The standard InChI is InChI=1S/C15H22N2O4/c1-11-17(13-3-2-12(18)10-14(13)21-11)15(19)4-5-16-6-8-20-9-7-16/h3,10-11,15,19H,2,4-9H2,1H3. The van der Waals surface area contributed by atoms with Gasteiger partial charge in [-0.3, -0.25) is 9.69 Å². The van der Waals surface area contributed by atoms with Gasteiger partial charge in [0.05, 0.1) is 18.9 Å². The van der Waals surface area contributed by atoms with E-state index in [1.54, 1.807) is 0 Å². The van der Waals surface area contributed by atoms with E-state index >= 15 is 0 Å². The van der Waals surface area contributed by atoms with Gasteiger partial charge >= 0.3 is 0 Å². The molecule has 21 heavy (non-hydrogen) atoms. The van der Waals surface area contributed by atoms with Gasteiger partial charge in [0.15, 0.2) is 12.0 Å². The van der Waals surface area contributed by atoms with Gasteiger partial charge in [0, 0.05) is 38.6 Å². The lowest BCUT2D eigenvalue weighted by atomic mass is 10.1. The van der Waals surface area contributed by atoms with Crippen molar-refractivity contribution >= 4 is 5.78 Å². The molecule has 2 saturated heterocycles. The first-order valence-corrected chi connectivity index (χ1v) is 7.53. The van der Waals surface area contributed by atoms with Crippen molar-refractivity contribution in [2.45, 2.75) is 32.2 Å². The number of aliphatic hydroxyl groups is 1. The van der Waals surface area contributed by atoms with E-state index in [-0.39, 0.29) is 12.0 Å². The maximum absolute atomic E-state index is 11.4. The molecule has 0 bridgehead atoms. The monoisotopic (exact) mass is 294 g/mol. The highest BCUT2D eigenvalue weighted by Gasteiger charge is 2.36. The number of hydrogen-bond donors (Lipinski definition) is 1. The number of fused-ring (bicyclic) bond motifs is 1. The summed E-state index contributed by atoms with van der Waals surface area (Å²) in [5.74, 6) is 0.634. The molecule has 0 amide bonds. The summed E-state index contributed by atoms with van der Waals surface area (Å²) in [6, 6.07) is 0. The molecular weight excluding hydrogens is 272 g/mol. The maximum atomic E-state index is 11.4. The number of aliphatic hydroxyl groups excluding tert-OH is 1. The Labute approximate surface area is 124 Å². The van der Waals surface area contributed by atoms with Gasteiger partial charge in [0.1, 0.15) is 12.0 Å². The molecule has 2 atom stereocenters. The Hall–Kier alpha value is -1.37. The van der Waals surface area contributed by atoms with Gasteiger partial charge in [0.2, 0.25) is 0 Å². The first-order valence-electron chi connectivity index (χ1n) is 7.53. The lowest BCUT2D eigenvalue weighted by Crippen LogP contribution is -2.42. The molecule has 6 nitrogen and oxygen atoms in total. The molecule has 0 radical (unpaired) electrons. The van der Waals surface area contributed by atoms with Gasteiger partial charge < -0.3 is 19.5 Å². The zero-order valence-electron chi connectivity index (χ0n) is 12.3. The van der Waals surface area contributed by atoms with Crippen LogP contribution in [0.2, 0.25) is 0 Å². The lowest BCUT2D eigenvalue weighted by Gasteiger charge is -2.31. The number of morpholine rings is 1. The predicted molar refractivity (Wildman–Crippen MR) is 76.1 cm³/mol. The van der Waals surface area contributed by atoms with Gasteiger partial charge in [-0.05, 0) is 13.0 Å². The van der Waals surface area contributed by atoms with Crippen molar-refractivity contribution in [3.8, 4) is 0 Å². The number of allylic oxidation sites excluding steroid dienone is 2. The van der Waals surface area contributed by atoms with E-state index in [9.17, 15) is 9.90 Å². The van der Waals surface area contributed by atoms with Gasteiger partial charge in [-0.1, -0.05) is 0 Å². The van der Waals surface area contributed by atoms with E-state index in [1.165, 1.54) is 6.08 Å². The van der Waals surface area contributed by atoms with E-state index in [4.69, 9.17) is 9.47 Å². The van der Waals surface area contributed by atoms with E-state index < -0.39 is 6.23 Å². The largest absolute Gasteiger partial charge is 0.468 e. The van der Waals surface area contributed by atoms with Crippen LogP contribution in [0.15, 0.2) is 23.6 Å². The molecule has 116 valence electrons. The third-order valence-corrected chi connectivity index (χ3v) is 4.14. The highest BCUT2D eigenvalue weighted by Crippen LogP contribution is 2.34. The van der Waals surface area contributed by atoms with Gasteiger partial charge in [0.25, 0.3) is 0 Å². The van der Waals surface area contributed by atoms with Crippen LogP contribution in [0.5, 0.6) is 0 Å². The van der Waals surface area contributed by atoms with Crippen LogP contribution in [-0.2, 0) is 14.3 Å². The lowest BCUT2D eigenvalue weighted by molar-refractivity contribution is -0.114. The van der Waals surface area contributed by atoms with Crippen LogP contribution in [0.3, 0.4) is 0 Å². The molecule has 0 aromatic carbocycles. The second-order valence-electron chi connectivity index (χ2n) is 5.62. The molecule has 1 N–H and O–H groups in total. The highest BCUT2D eigenvalue weighted by atomic mass is 16.5. The zero-order chi connectivity index (χ0) is 14.8. The van der Waals surface area contributed by atoms with Crippen molar-refractivity contribution in [3.05, 3.63) is 23.6 Å². The molecule has 0 saturated carbocycles. The summed E-state index contributed by atoms with van der Waals surface area (Å²) in [4.78, 5) is 15.6. The molecule has 0 spiro atoms. The van der Waals surface area contributed by atoms with Crippen molar-refractivity contribution < 1.29 is 19.4 Å². The molecular formula is C15H22N2O4. The summed E-state index contributed by atoms with van der Waals surface area (Å²) in [5.41, 5.74) is 0.844. The number of nitrogens with zero attached hydrogens (tertiary/aromatic N) is 2. The molecule has 2 aliphatic heterocycles. The van der Waals surface area contributed by atoms with E-state index in [0.29, 0.717) is 18.6 Å². The average Bonchev–Trinajstić information content (AvgIpc) is 2.81. The second kappa shape index (κ2) is 6.17. The van der Waals surface area contributed by atoms with Crippen LogP contribution < -0.4 is 0 Å². The SMILES string of the molecule is CC1OC2=CC(=O)CC=C2N1C(O)CCN1CCOCC1. The Morgan fingerprint density at radius 3 is 2.95 bits per heavy atom. The first-order chi connectivity index (χ1) is 10.1. The number of ether oxygens (including phenoxy) is 2. The quantitative estimate of drug-likeness (QED) is 0.812. The number of rotatable bonds is 4. The van der Waals surface area contributed by atoms with Gasteiger partial charge in [-0.15, -0.1) is 0 Å². The van der Waals surface area contributed by atoms with Crippen LogP contribution in [-0.4, -0.2) is 66.0 Å². The topological polar surface area (TPSA) is 62.2 Å². The summed E-state index contributed by atoms with van der Waals surface area (Å²) in [6.45, 7) is 6.09. The van der Waals surface area contributed by atoms with E-state index in [0.717, 1.165) is 38.5 Å². The smallest absolute Gasteiger partial charge is 0.171 e.